The molecule has 0 fully saturated rings. The van der Waals surface area contributed by atoms with Gasteiger partial charge in [-0.1, -0.05) is 174 Å². The lowest BCUT2D eigenvalue weighted by molar-refractivity contribution is -0.128. The molecule has 0 atom stereocenters. The number of ether oxygens (including phenoxy) is 3. The molecule has 0 aliphatic carbocycles. The predicted octanol–water partition coefficient (Wildman–Crippen LogP) is 19.7. The van der Waals surface area contributed by atoms with Crippen LogP contribution in [0.4, 0.5) is 0 Å². The molecule has 0 aliphatic heterocycles. The molecule has 10 nitrogen and oxygen atoms in total. The number of amides is 1. The van der Waals surface area contributed by atoms with Crippen molar-refractivity contribution in [3.8, 4) is 0 Å². The van der Waals surface area contributed by atoms with E-state index in [2.05, 4.69) is 58.6 Å². The van der Waals surface area contributed by atoms with Crippen molar-refractivity contribution in [1.82, 2.24) is 5.32 Å². The van der Waals surface area contributed by atoms with Crippen molar-refractivity contribution in [2.24, 2.45) is 39.9 Å². The average Bonchev–Trinajstić information content (AvgIpc) is 3.22. The first-order valence-corrected chi connectivity index (χ1v) is 30.1. The topological polar surface area (TPSA) is 145 Å². The van der Waals surface area contributed by atoms with Crippen LogP contribution in [0.25, 0.3) is 0 Å². The Morgan fingerprint density at radius 2 is 0.684 bits per heavy atom. The van der Waals surface area contributed by atoms with Gasteiger partial charge in [0.15, 0.2) is 0 Å². The van der Waals surface area contributed by atoms with E-state index >= 15 is 0 Å². The number of carbonyl (C=O) groups is 5. The van der Waals surface area contributed by atoms with Crippen LogP contribution >= 0.6 is 11.8 Å². The van der Waals surface area contributed by atoms with Crippen molar-refractivity contribution in [1.29, 1.82) is 0 Å². The molecule has 0 bridgehead atoms. The normalized spacial score (nSPS) is 11.5. The third-order valence-corrected chi connectivity index (χ3v) is 12.1. The maximum absolute atomic E-state index is 11.5. The number of unbranched alkanes of at least 4 members (excludes halogenated alkanes) is 4. The zero-order valence-electron chi connectivity index (χ0n) is 53.9. The Morgan fingerprint density at radius 1 is 0.405 bits per heavy atom. The SMILES string of the molecule is C.C.C.C.C.CC(C)(C)CCCSCCCC(C)(C)C.CC(C)(C)OCC(O)COC(C)(C)C.CC(C)(C)OCCCNC(=O)C(C)(C)C.CC(C)C(=O)CCCC(=O)C(C)C.CC(C)C(=O)CCCCCCCC(=O)C(C)C. The molecule has 0 aliphatic rings. The van der Waals surface area contributed by atoms with Gasteiger partial charge in [0.05, 0.1) is 30.0 Å². The smallest absolute Gasteiger partial charge is 0.225 e. The number of Topliss-reactive ketones (excluding diaryl/α,β-unsaturated/α-hetero) is 4. The maximum atomic E-state index is 11.5. The maximum Gasteiger partial charge on any atom is 0.225 e. The van der Waals surface area contributed by atoms with Crippen LogP contribution in [0.3, 0.4) is 0 Å². The van der Waals surface area contributed by atoms with Crippen molar-refractivity contribution < 1.29 is 43.3 Å². The minimum Gasteiger partial charge on any atom is -0.388 e. The van der Waals surface area contributed by atoms with Gasteiger partial charge in [-0.2, -0.15) is 11.8 Å². The summed E-state index contributed by atoms with van der Waals surface area (Å²) in [6.45, 7) is 55.0. The Balaban J connectivity index is -0.0000000929. The van der Waals surface area contributed by atoms with Gasteiger partial charge in [-0.15, -0.1) is 0 Å². The van der Waals surface area contributed by atoms with Crippen LogP contribution in [-0.4, -0.2) is 94.9 Å². The van der Waals surface area contributed by atoms with Gasteiger partial charge in [0.2, 0.25) is 5.91 Å². The Labute approximate surface area is 501 Å². The van der Waals surface area contributed by atoms with E-state index in [9.17, 15) is 29.1 Å². The molecule has 79 heavy (non-hydrogen) atoms. The van der Waals surface area contributed by atoms with E-state index in [0.29, 0.717) is 68.0 Å². The van der Waals surface area contributed by atoms with Crippen LogP contribution in [0.2, 0.25) is 0 Å². The third kappa shape index (κ3) is 87.7. The molecular formula is C68H147NO9S. The highest BCUT2D eigenvalue weighted by Crippen LogP contribution is 2.25. The monoisotopic (exact) mass is 1150 g/mol. The number of aliphatic hydroxyl groups is 1. The molecule has 0 saturated heterocycles. The first-order valence-electron chi connectivity index (χ1n) is 28.9. The highest BCUT2D eigenvalue weighted by molar-refractivity contribution is 7.99. The Morgan fingerprint density at radius 3 is 0.937 bits per heavy atom. The molecule has 0 rings (SSSR count). The lowest BCUT2D eigenvalue weighted by Gasteiger charge is -2.25. The van der Waals surface area contributed by atoms with E-state index in [-0.39, 0.29) is 100 Å². The zero-order valence-corrected chi connectivity index (χ0v) is 54.7. The minimum absolute atomic E-state index is 0. The quantitative estimate of drug-likeness (QED) is 0.0667. The summed E-state index contributed by atoms with van der Waals surface area (Å²) in [4.78, 5) is 56.5. The van der Waals surface area contributed by atoms with Crippen LogP contribution in [0.1, 0.15) is 313 Å². The van der Waals surface area contributed by atoms with Gasteiger partial charge in [0.25, 0.3) is 0 Å². The van der Waals surface area contributed by atoms with Crippen molar-refractivity contribution in [2.45, 2.75) is 336 Å². The molecule has 0 saturated carbocycles. The van der Waals surface area contributed by atoms with E-state index in [4.69, 9.17) is 14.2 Å². The van der Waals surface area contributed by atoms with Crippen LogP contribution in [0.15, 0.2) is 0 Å². The van der Waals surface area contributed by atoms with Gasteiger partial charge < -0.3 is 24.6 Å². The van der Waals surface area contributed by atoms with Crippen LogP contribution in [-0.2, 0) is 38.2 Å². The van der Waals surface area contributed by atoms with E-state index in [1.54, 1.807) is 0 Å². The molecule has 11 heteroatoms. The second-order valence-electron chi connectivity index (χ2n) is 27.9. The van der Waals surface area contributed by atoms with Crippen molar-refractivity contribution in [2.75, 3.05) is 37.9 Å². The second-order valence-corrected chi connectivity index (χ2v) is 29.1. The van der Waals surface area contributed by atoms with Gasteiger partial charge in [0, 0.05) is 67.9 Å². The number of nitrogens with one attached hydrogen (secondary N) is 1. The summed E-state index contributed by atoms with van der Waals surface area (Å²) in [5, 5.41) is 12.4. The summed E-state index contributed by atoms with van der Waals surface area (Å²) in [5.74, 6) is 4.63. The zero-order chi connectivity index (χ0) is 59.2. The Bertz CT molecular complexity index is 1330. The molecule has 0 aromatic rings. The molecule has 484 valence electrons. The third-order valence-electron chi connectivity index (χ3n) is 10.9. The highest BCUT2D eigenvalue weighted by atomic mass is 32.2. The highest BCUT2D eigenvalue weighted by Gasteiger charge is 2.21. The van der Waals surface area contributed by atoms with Crippen molar-refractivity contribution >= 4 is 40.8 Å². The molecule has 2 N–H and O–H groups in total. The molecule has 0 radical (unpaired) electrons. The van der Waals surface area contributed by atoms with E-state index in [1.807, 2.05) is 138 Å². The Hall–Kier alpha value is -1.66. The summed E-state index contributed by atoms with van der Waals surface area (Å²) in [6.07, 6.45) is 14.5. The Kier molecular flexibility index (Phi) is 66.8. The largest absolute Gasteiger partial charge is 0.388 e. The van der Waals surface area contributed by atoms with E-state index in [0.717, 1.165) is 51.4 Å². The summed E-state index contributed by atoms with van der Waals surface area (Å²) in [5.41, 5.74) is 0.238. The molecule has 0 heterocycles. The van der Waals surface area contributed by atoms with Crippen molar-refractivity contribution in [3.05, 3.63) is 0 Å². The number of hydrogen-bond donors (Lipinski definition) is 2. The predicted molar refractivity (Wildman–Crippen MR) is 354 cm³/mol. The molecule has 0 spiro atoms. The van der Waals surface area contributed by atoms with Crippen LogP contribution < -0.4 is 5.32 Å². The fourth-order valence-corrected chi connectivity index (χ4v) is 6.79. The van der Waals surface area contributed by atoms with E-state index < -0.39 is 6.10 Å². The van der Waals surface area contributed by atoms with Gasteiger partial charge in [0.1, 0.15) is 29.2 Å². The van der Waals surface area contributed by atoms with Gasteiger partial charge in [-0.25, -0.2) is 0 Å². The van der Waals surface area contributed by atoms with Gasteiger partial charge >= 0.3 is 0 Å². The lowest BCUT2D eigenvalue weighted by atomic mass is 9.91. The molecule has 1 amide bonds. The average molecular weight is 1150 g/mol. The van der Waals surface area contributed by atoms with Crippen molar-refractivity contribution in [3.63, 3.8) is 0 Å². The van der Waals surface area contributed by atoms with Gasteiger partial charge in [-0.3, -0.25) is 24.0 Å². The van der Waals surface area contributed by atoms with Crippen LogP contribution in [0, 0.1) is 39.9 Å². The van der Waals surface area contributed by atoms with E-state index in [1.165, 1.54) is 37.2 Å². The second kappa shape index (κ2) is 53.1. The standard InChI is InChI=1S/C15H28O2.C14H30S.C12H25NO2.C11H24O3.C11H20O2.5CH4/c1-12(2)14(16)10-8-6-5-7-9-11-15(17)13(3)4;1-13(2,3)9-7-11-15-12-8-10-14(4,5)6;1-11(2,3)10(14)13-8-7-9-15-12(4,5)6;1-10(2,3)13-7-9(12)8-14-11(4,5)6;1-8(2)10(12)6-5-7-11(13)9(3)4;;;;;/h12-13H,5-11H2,1-4H3;7-12H2,1-6H3;7-9H2,1-6H3,(H,13,14);9,12H,7-8H2,1-6H3;8-9H,5-7H2,1-4H3;5*1H4. The summed E-state index contributed by atoms with van der Waals surface area (Å²) >= 11 is 2.13. The minimum atomic E-state index is -0.548. The number of carbonyl (C=O) groups excluding carboxylic acids is 5. The number of hydrogen-bond acceptors (Lipinski definition) is 10. The van der Waals surface area contributed by atoms with Crippen LogP contribution in [0.5, 0.6) is 0 Å². The number of aliphatic hydroxyl groups excluding tert-OH is 1. The van der Waals surface area contributed by atoms with Gasteiger partial charge in [-0.05, 0) is 136 Å². The summed E-state index contributed by atoms with van der Waals surface area (Å²) in [7, 11) is 0. The lowest BCUT2D eigenvalue weighted by Crippen LogP contribution is -2.35. The number of ketones is 4. The molecular weight excluding hydrogens is 1010 g/mol. The molecule has 0 aromatic carbocycles. The summed E-state index contributed by atoms with van der Waals surface area (Å²) < 4.78 is 16.4. The fourth-order valence-electron chi connectivity index (χ4n) is 5.89. The number of rotatable bonds is 30. The molecule has 0 aromatic heterocycles. The summed E-state index contributed by atoms with van der Waals surface area (Å²) in [6, 6.07) is 0. The first kappa shape index (κ1) is 99.4. The number of thioether (sulfide) groups is 1. The fraction of sp³-hybridized carbons (Fsp3) is 0.926. The molecule has 0 unspecified atom stereocenters. The first-order chi connectivity index (χ1) is 33.3.